The average molecular weight is 268 g/mol. The molecule has 0 aromatic carbocycles. The van der Waals surface area contributed by atoms with Gasteiger partial charge >= 0.3 is 5.97 Å². The van der Waals surface area contributed by atoms with E-state index in [4.69, 9.17) is 9.47 Å². The van der Waals surface area contributed by atoms with E-state index in [0.717, 1.165) is 18.8 Å². The molecule has 110 valence electrons. The Kier molecular flexibility index (Phi) is 5.68. The van der Waals surface area contributed by atoms with Crippen LogP contribution in [0.5, 0.6) is 0 Å². The Morgan fingerprint density at radius 3 is 2.42 bits per heavy atom. The average Bonchev–Trinajstić information content (AvgIpc) is 3.04. The van der Waals surface area contributed by atoms with Crippen LogP contribution in [0.1, 0.15) is 70.6 Å². The molecule has 1 saturated carbocycles. The van der Waals surface area contributed by atoms with E-state index in [1.807, 2.05) is 0 Å². The highest BCUT2D eigenvalue weighted by Gasteiger charge is 2.52. The van der Waals surface area contributed by atoms with Crippen LogP contribution in [0.15, 0.2) is 0 Å². The minimum Gasteiger partial charge on any atom is -0.467 e. The molecule has 1 unspecified atom stereocenters. The SMILES string of the molecule is COC(=O)C1(CCCCCCCC2CCCC2)CO1. The highest BCUT2D eigenvalue weighted by molar-refractivity contribution is 5.82. The fourth-order valence-corrected chi connectivity index (χ4v) is 3.31. The monoisotopic (exact) mass is 268 g/mol. The van der Waals surface area contributed by atoms with E-state index < -0.39 is 5.60 Å². The number of carbonyl (C=O) groups is 1. The Hall–Kier alpha value is -0.570. The number of hydrogen-bond donors (Lipinski definition) is 0. The van der Waals surface area contributed by atoms with Gasteiger partial charge < -0.3 is 9.47 Å². The number of hydrogen-bond acceptors (Lipinski definition) is 3. The van der Waals surface area contributed by atoms with Gasteiger partial charge in [-0.25, -0.2) is 4.79 Å². The van der Waals surface area contributed by atoms with Crippen molar-refractivity contribution in [1.82, 2.24) is 0 Å². The fraction of sp³-hybridized carbons (Fsp3) is 0.938. The van der Waals surface area contributed by atoms with Gasteiger partial charge in [-0.15, -0.1) is 0 Å². The summed E-state index contributed by atoms with van der Waals surface area (Å²) in [5.41, 5.74) is -0.557. The summed E-state index contributed by atoms with van der Waals surface area (Å²) in [5.74, 6) is 0.844. The number of unbranched alkanes of at least 4 members (excludes halogenated alkanes) is 4. The van der Waals surface area contributed by atoms with Gasteiger partial charge in [0.05, 0.1) is 13.7 Å². The van der Waals surface area contributed by atoms with E-state index in [0.29, 0.717) is 6.61 Å². The van der Waals surface area contributed by atoms with Gasteiger partial charge in [-0.2, -0.15) is 0 Å². The zero-order valence-electron chi connectivity index (χ0n) is 12.3. The predicted molar refractivity (Wildman–Crippen MR) is 75.0 cm³/mol. The smallest absolute Gasteiger partial charge is 0.340 e. The number of methoxy groups -OCH3 is 1. The highest BCUT2D eigenvalue weighted by Crippen LogP contribution is 2.34. The van der Waals surface area contributed by atoms with Crippen LogP contribution in [-0.2, 0) is 14.3 Å². The van der Waals surface area contributed by atoms with E-state index in [9.17, 15) is 4.79 Å². The van der Waals surface area contributed by atoms with Gasteiger partial charge in [0.1, 0.15) is 0 Å². The summed E-state index contributed by atoms with van der Waals surface area (Å²) in [6.07, 6.45) is 14.5. The number of esters is 1. The lowest BCUT2D eigenvalue weighted by molar-refractivity contribution is -0.147. The van der Waals surface area contributed by atoms with Crippen molar-refractivity contribution < 1.29 is 14.3 Å². The van der Waals surface area contributed by atoms with Crippen molar-refractivity contribution in [3.63, 3.8) is 0 Å². The quantitative estimate of drug-likeness (QED) is 0.362. The summed E-state index contributed by atoms with van der Waals surface area (Å²) in [6, 6.07) is 0. The summed E-state index contributed by atoms with van der Waals surface area (Å²) in [6.45, 7) is 0.557. The second-order valence-corrected chi connectivity index (χ2v) is 6.23. The minimum absolute atomic E-state index is 0.186. The first-order valence-electron chi connectivity index (χ1n) is 7.99. The zero-order valence-corrected chi connectivity index (χ0v) is 12.3. The third kappa shape index (κ3) is 4.48. The van der Waals surface area contributed by atoms with Crippen LogP contribution >= 0.6 is 0 Å². The van der Waals surface area contributed by atoms with Gasteiger partial charge in [0.2, 0.25) is 0 Å². The third-order valence-corrected chi connectivity index (χ3v) is 4.72. The number of ether oxygens (including phenoxy) is 2. The molecule has 1 aliphatic heterocycles. The topological polar surface area (TPSA) is 38.8 Å². The molecule has 0 spiro atoms. The number of rotatable bonds is 9. The van der Waals surface area contributed by atoms with Gasteiger partial charge in [-0.3, -0.25) is 0 Å². The van der Waals surface area contributed by atoms with Gasteiger partial charge in [-0.1, -0.05) is 57.8 Å². The maximum absolute atomic E-state index is 11.5. The standard InChI is InChI=1S/C16H28O3/c1-18-15(17)16(13-19-16)12-8-4-2-3-5-9-14-10-6-7-11-14/h14H,2-13H2,1H3. The number of epoxide rings is 1. The lowest BCUT2D eigenvalue weighted by Crippen LogP contribution is -2.25. The largest absolute Gasteiger partial charge is 0.467 e. The predicted octanol–water partition coefficient (Wildman–Crippen LogP) is 3.85. The van der Waals surface area contributed by atoms with Crippen molar-refractivity contribution in [2.24, 2.45) is 5.92 Å². The molecule has 3 heteroatoms. The van der Waals surface area contributed by atoms with Crippen LogP contribution in [-0.4, -0.2) is 25.3 Å². The molecule has 1 atom stereocenters. The molecule has 0 bridgehead atoms. The van der Waals surface area contributed by atoms with Crippen LogP contribution in [0.25, 0.3) is 0 Å². The molecule has 2 fully saturated rings. The molecule has 2 aliphatic rings. The molecule has 1 saturated heterocycles. The molecule has 19 heavy (non-hydrogen) atoms. The maximum atomic E-state index is 11.5. The summed E-state index contributed by atoms with van der Waals surface area (Å²) < 4.78 is 10.0. The highest BCUT2D eigenvalue weighted by atomic mass is 16.6. The maximum Gasteiger partial charge on any atom is 0.340 e. The van der Waals surface area contributed by atoms with Crippen LogP contribution < -0.4 is 0 Å². The van der Waals surface area contributed by atoms with Gasteiger partial charge in [0.15, 0.2) is 5.60 Å². The molecule has 0 radical (unpaired) electrons. The zero-order chi connectivity index (χ0) is 13.6. The van der Waals surface area contributed by atoms with Crippen molar-refractivity contribution in [2.75, 3.05) is 13.7 Å². The molecule has 2 rings (SSSR count). The van der Waals surface area contributed by atoms with Gasteiger partial charge in [0.25, 0.3) is 0 Å². The second-order valence-electron chi connectivity index (χ2n) is 6.23. The van der Waals surface area contributed by atoms with Crippen molar-refractivity contribution in [1.29, 1.82) is 0 Å². The van der Waals surface area contributed by atoms with Crippen LogP contribution in [0.3, 0.4) is 0 Å². The molecular formula is C16H28O3. The Balaban J connectivity index is 1.43. The van der Waals surface area contributed by atoms with Crippen LogP contribution in [0, 0.1) is 5.92 Å². The molecule has 0 N–H and O–H groups in total. The number of carbonyl (C=O) groups excluding carboxylic acids is 1. The third-order valence-electron chi connectivity index (χ3n) is 4.72. The lowest BCUT2D eigenvalue weighted by Gasteiger charge is -2.10. The molecule has 3 nitrogen and oxygen atoms in total. The second kappa shape index (κ2) is 7.28. The molecular weight excluding hydrogens is 240 g/mol. The molecule has 0 aromatic rings. The summed E-state index contributed by atoms with van der Waals surface area (Å²) in [5, 5.41) is 0. The first kappa shape index (κ1) is 14.8. The Labute approximate surface area is 117 Å². The van der Waals surface area contributed by atoms with Gasteiger partial charge in [-0.05, 0) is 18.8 Å². The first-order chi connectivity index (χ1) is 9.27. The first-order valence-corrected chi connectivity index (χ1v) is 7.99. The van der Waals surface area contributed by atoms with E-state index in [2.05, 4.69) is 0 Å². The minimum atomic E-state index is -0.557. The van der Waals surface area contributed by atoms with E-state index in [1.54, 1.807) is 0 Å². The Morgan fingerprint density at radius 1 is 1.16 bits per heavy atom. The summed E-state index contributed by atoms with van der Waals surface area (Å²) in [4.78, 5) is 11.5. The fourth-order valence-electron chi connectivity index (χ4n) is 3.31. The van der Waals surface area contributed by atoms with Crippen LogP contribution in [0.2, 0.25) is 0 Å². The van der Waals surface area contributed by atoms with Gasteiger partial charge in [0, 0.05) is 0 Å². The molecule has 1 aliphatic carbocycles. The van der Waals surface area contributed by atoms with E-state index in [1.165, 1.54) is 64.9 Å². The van der Waals surface area contributed by atoms with Crippen LogP contribution in [0.4, 0.5) is 0 Å². The molecule has 0 aromatic heterocycles. The van der Waals surface area contributed by atoms with Crippen molar-refractivity contribution in [3.8, 4) is 0 Å². The molecule has 0 amide bonds. The Morgan fingerprint density at radius 2 is 1.79 bits per heavy atom. The molecule has 1 heterocycles. The van der Waals surface area contributed by atoms with Crippen molar-refractivity contribution >= 4 is 5.97 Å². The van der Waals surface area contributed by atoms with E-state index >= 15 is 0 Å². The normalized spacial score (nSPS) is 26.6. The van der Waals surface area contributed by atoms with Crippen molar-refractivity contribution in [2.45, 2.75) is 76.2 Å². The lowest BCUT2D eigenvalue weighted by atomic mass is 9.98. The van der Waals surface area contributed by atoms with E-state index in [-0.39, 0.29) is 5.97 Å². The Bertz CT molecular complexity index is 278. The summed E-state index contributed by atoms with van der Waals surface area (Å²) >= 11 is 0. The summed E-state index contributed by atoms with van der Waals surface area (Å²) in [7, 11) is 1.44. The van der Waals surface area contributed by atoms with Crippen molar-refractivity contribution in [3.05, 3.63) is 0 Å².